The average Bonchev–Trinajstić information content (AvgIpc) is 2.82. The first-order valence-electron chi connectivity index (χ1n) is 6.64. The van der Waals surface area contributed by atoms with Gasteiger partial charge in [0.05, 0.1) is 6.61 Å². The Morgan fingerprint density at radius 3 is 2.52 bits per heavy atom. The van der Waals surface area contributed by atoms with Crippen molar-refractivity contribution in [1.82, 2.24) is 0 Å². The molecule has 128 valence electrons. The van der Waals surface area contributed by atoms with Crippen LogP contribution in [0.25, 0.3) is 11.1 Å². The summed E-state index contributed by atoms with van der Waals surface area (Å²) in [6.45, 7) is 4.10. The monoisotopic (exact) mass is 363 g/mol. The maximum atomic E-state index is 10.5. The van der Waals surface area contributed by atoms with Crippen molar-refractivity contribution in [3.63, 3.8) is 0 Å². The molecule has 8 nitrogen and oxygen atoms in total. The topological polar surface area (TPSA) is 121 Å². The molecule has 10 heteroatoms. The van der Waals surface area contributed by atoms with Crippen molar-refractivity contribution < 1.29 is 36.0 Å². The van der Waals surface area contributed by atoms with E-state index in [1.807, 2.05) is 35.8 Å². The van der Waals surface area contributed by atoms with E-state index in [-0.39, 0.29) is 12.4 Å². The molecule has 0 fully saturated rings. The third-order valence-electron chi connectivity index (χ3n) is 2.47. The molecule has 2 aromatic rings. The Morgan fingerprint density at radius 1 is 1.39 bits per heavy atom. The lowest BCUT2D eigenvalue weighted by Gasteiger charge is -2.02. The Kier molecular flexibility index (Phi) is 7.49. The summed E-state index contributed by atoms with van der Waals surface area (Å²) in [5, 5.41) is 9.29. The van der Waals surface area contributed by atoms with Gasteiger partial charge in [-0.1, -0.05) is 12.1 Å². The van der Waals surface area contributed by atoms with Gasteiger partial charge in [-0.3, -0.25) is 8.98 Å². The van der Waals surface area contributed by atoms with E-state index in [0.29, 0.717) is 5.22 Å². The van der Waals surface area contributed by atoms with E-state index in [0.717, 1.165) is 17.6 Å². The number of nitrogens with zero attached hydrogens (tertiary/aromatic N) is 1. The minimum absolute atomic E-state index is 0.0137. The number of rotatable bonds is 6. The largest absolute Gasteiger partial charge is 0.726 e. The molecule has 1 aromatic carbocycles. The first kappa shape index (κ1) is 19.4. The molecule has 0 saturated carbocycles. The second-order valence-corrected chi connectivity index (χ2v) is 6.06. The number of aryl methyl sites for hydroxylation is 1. The van der Waals surface area contributed by atoms with Crippen molar-refractivity contribution >= 4 is 39.2 Å². The number of carboxylic acid groups (broad SMARTS) is 1. The third kappa shape index (κ3) is 6.57. The van der Waals surface area contributed by atoms with Crippen LogP contribution in [-0.2, 0) is 25.9 Å². The smallest absolute Gasteiger partial charge is 0.412 e. The molecule has 0 atom stereocenters. The SMILES string of the molecule is CCOS(=O)(=O)[O-].CC[n+]1c(SCC(=O)O)oc2ccccc21. The van der Waals surface area contributed by atoms with Crippen molar-refractivity contribution in [2.45, 2.75) is 25.6 Å². The van der Waals surface area contributed by atoms with Gasteiger partial charge in [0.2, 0.25) is 16.0 Å². The fourth-order valence-electron chi connectivity index (χ4n) is 1.69. The summed E-state index contributed by atoms with van der Waals surface area (Å²) in [6.07, 6.45) is 0. The molecular formula is C13H17NO7S2. The summed E-state index contributed by atoms with van der Waals surface area (Å²) in [5.41, 5.74) is 1.79. The van der Waals surface area contributed by atoms with Crippen LogP contribution < -0.4 is 4.57 Å². The number of thioether (sulfide) groups is 1. The Balaban J connectivity index is 0.000000322. The number of oxazole rings is 1. The molecule has 2 rings (SSSR count). The molecule has 0 radical (unpaired) electrons. The molecule has 0 aliphatic carbocycles. The summed E-state index contributed by atoms with van der Waals surface area (Å²) < 4.78 is 39.6. The Hall–Kier alpha value is -1.62. The van der Waals surface area contributed by atoms with Gasteiger partial charge in [-0.2, -0.15) is 4.57 Å². The summed E-state index contributed by atoms with van der Waals surface area (Å²) in [5.74, 6) is -0.826. The molecule has 0 spiro atoms. The van der Waals surface area contributed by atoms with Gasteiger partial charge in [-0.15, -0.1) is 0 Å². The van der Waals surface area contributed by atoms with E-state index in [2.05, 4.69) is 4.18 Å². The standard InChI is InChI=1S/C11H11NO3S.C2H6O4S/c1-2-12-8-5-3-4-6-9(8)15-11(12)16-7-10(13)14;1-2-6-7(3,4)5/h3-6H,2,7H2,1H3;2H2,1H3,(H,3,4,5). The summed E-state index contributed by atoms with van der Waals surface area (Å²) in [4.78, 5) is 10.5. The maximum absolute atomic E-state index is 10.5. The number of para-hydroxylation sites is 2. The van der Waals surface area contributed by atoms with E-state index in [1.54, 1.807) is 0 Å². The van der Waals surface area contributed by atoms with Crippen LogP contribution in [0.2, 0.25) is 0 Å². The lowest BCUT2D eigenvalue weighted by atomic mass is 10.3. The first-order valence-corrected chi connectivity index (χ1v) is 8.96. The highest BCUT2D eigenvalue weighted by Gasteiger charge is 2.21. The molecule has 1 aromatic heterocycles. The molecular weight excluding hydrogens is 346 g/mol. The minimum Gasteiger partial charge on any atom is -0.726 e. The van der Waals surface area contributed by atoms with Crippen LogP contribution in [0.3, 0.4) is 0 Å². The maximum Gasteiger partial charge on any atom is 0.412 e. The average molecular weight is 363 g/mol. The Bertz CT molecular complexity index is 755. The van der Waals surface area contributed by atoms with E-state index in [4.69, 9.17) is 9.52 Å². The number of fused-ring (bicyclic) bond motifs is 1. The molecule has 1 N–H and O–H groups in total. The van der Waals surface area contributed by atoms with Gasteiger partial charge in [0.1, 0.15) is 5.75 Å². The number of aromatic nitrogens is 1. The minimum atomic E-state index is -4.42. The van der Waals surface area contributed by atoms with Gasteiger partial charge < -0.3 is 14.1 Å². The number of hydrogen-bond donors (Lipinski definition) is 1. The van der Waals surface area contributed by atoms with Crippen LogP contribution in [0, 0.1) is 0 Å². The molecule has 0 aliphatic rings. The van der Waals surface area contributed by atoms with Crippen LogP contribution in [0.5, 0.6) is 0 Å². The molecule has 23 heavy (non-hydrogen) atoms. The zero-order chi connectivity index (χ0) is 17.5. The molecule has 0 amide bonds. The number of carboxylic acids is 1. The number of hydrogen-bond acceptors (Lipinski definition) is 7. The third-order valence-corrected chi connectivity index (χ3v) is 3.94. The van der Waals surface area contributed by atoms with Crippen molar-refractivity contribution in [3.05, 3.63) is 24.3 Å². The fraction of sp³-hybridized carbons (Fsp3) is 0.385. The second kappa shape index (κ2) is 8.87. The summed E-state index contributed by atoms with van der Waals surface area (Å²) in [7, 11) is -4.42. The van der Waals surface area contributed by atoms with Crippen molar-refractivity contribution in [3.8, 4) is 0 Å². The first-order chi connectivity index (χ1) is 10.8. The van der Waals surface area contributed by atoms with Gasteiger partial charge in [0.15, 0.2) is 6.54 Å². The molecule has 0 aliphatic heterocycles. The van der Waals surface area contributed by atoms with E-state index in [1.165, 1.54) is 18.7 Å². The lowest BCUT2D eigenvalue weighted by Crippen LogP contribution is -2.33. The summed E-state index contributed by atoms with van der Waals surface area (Å²) >= 11 is 1.20. The van der Waals surface area contributed by atoms with Gasteiger partial charge in [0.25, 0.3) is 5.52 Å². The van der Waals surface area contributed by atoms with Crippen LogP contribution in [0.4, 0.5) is 0 Å². The van der Waals surface area contributed by atoms with Crippen molar-refractivity contribution in [1.29, 1.82) is 0 Å². The second-order valence-electron chi connectivity index (χ2n) is 4.08. The van der Waals surface area contributed by atoms with Crippen LogP contribution >= 0.6 is 11.8 Å². The number of aliphatic carboxylic acids is 1. The van der Waals surface area contributed by atoms with Gasteiger partial charge in [-0.25, -0.2) is 8.42 Å². The summed E-state index contributed by atoms with van der Waals surface area (Å²) in [6, 6.07) is 7.69. The highest BCUT2D eigenvalue weighted by Crippen LogP contribution is 2.21. The molecule has 1 heterocycles. The lowest BCUT2D eigenvalue weighted by molar-refractivity contribution is -0.713. The van der Waals surface area contributed by atoms with Crippen molar-refractivity contribution in [2.75, 3.05) is 12.4 Å². The van der Waals surface area contributed by atoms with Crippen LogP contribution in [-0.4, -0.2) is 36.4 Å². The van der Waals surface area contributed by atoms with E-state index >= 15 is 0 Å². The van der Waals surface area contributed by atoms with Crippen molar-refractivity contribution in [2.24, 2.45) is 0 Å². The molecule has 0 bridgehead atoms. The number of benzene rings is 1. The predicted octanol–water partition coefficient (Wildman–Crippen LogP) is 1.40. The van der Waals surface area contributed by atoms with Gasteiger partial charge >= 0.3 is 11.2 Å². The zero-order valence-corrected chi connectivity index (χ0v) is 14.2. The highest BCUT2D eigenvalue weighted by atomic mass is 32.3. The highest BCUT2D eigenvalue weighted by molar-refractivity contribution is 7.99. The van der Waals surface area contributed by atoms with Crippen LogP contribution in [0.15, 0.2) is 33.9 Å². The predicted molar refractivity (Wildman–Crippen MR) is 81.8 cm³/mol. The van der Waals surface area contributed by atoms with E-state index in [9.17, 15) is 17.8 Å². The molecule has 0 unspecified atom stereocenters. The van der Waals surface area contributed by atoms with E-state index < -0.39 is 16.4 Å². The zero-order valence-electron chi connectivity index (χ0n) is 12.6. The van der Waals surface area contributed by atoms with Crippen LogP contribution in [0.1, 0.15) is 13.8 Å². The number of carbonyl (C=O) groups is 1. The Morgan fingerprint density at radius 2 is 2.04 bits per heavy atom. The Labute approximate surface area is 138 Å². The fourth-order valence-corrected chi connectivity index (χ4v) is 2.76. The normalized spacial score (nSPS) is 11.1. The van der Waals surface area contributed by atoms with Gasteiger partial charge in [0, 0.05) is 6.07 Å². The molecule has 0 saturated heterocycles. The van der Waals surface area contributed by atoms with Gasteiger partial charge in [-0.05, 0) is 31.7 Å². The quantitative estimate of drug-likeness (QED) is 0.354.